The molecule has 0 bridgehead atoms. The third kappa shape index (κ3) is 4.21. The molecule has 118 valence electrons. The van der Waals surface area contributed by atoms with Gasteiger partial charge in [0.25, 0.3) is 0 Å². The number of aromatic nitrogens is 2. The monoisotopic (exact) mass is 296 g/mol. The number of nitrogens with zero attached hydrogens (tertiary/aromatic N) is 2. The van der Waals surface area contributed by atoms with Crippen molar-refractivity contribution in [3.63, 3.8) is 0 Å². The summed E-state index contributed by atoms with van der Waals surface area (Å²) in [5.74, 6) is -1.15. The molecule has 1 rings (SSSR count). The number of hydrogen-bond acceptors (Lipinski definition) is 3. The molecule has 7 heteroatoms. The lowest BCUT2D eigenvalue weighted by molar-refractivity contribution is -0.140. The van der Waals surface area contributed by atoms with E-state index in [0.29, 0.717) is 13.0 Å². The van der Waals surface area contributed by atoms with E-state index in [0.717, 1.165) is 17.0 Å². The van der Waals surface area contributed by atoms with Crippen LogP contribution in [0.1, 0.15) is 37.2 Å². The second-order valence-electron chi connectivity index (χ2n) is 5.30. The molecule has 2 atom stereocenters. The molecule has 3 N–H and O–H groups in total. The largest absolute Gasteiger partial charge is 0.480 e. The summed E-state index contributed by atoms with van der Waals surface area (Å²) in [7, 11) is 1.84. The third-order valence-corrected chi connectivity index (χ3v) is 3.85. The Hall–Kier alpha value is -2.05. The van der Waals surface area contributed by atoms with E-state index in [1.54, 1.807) is 11.6 Å². The third-order valence-electron chi connectivity index (χ3n) is 3.85. The molecule has 0 spiro atoms. The molecule has 1 unspecified atom stereocenters. The van der Waals surface area contributed by atoms with E-state index in [2.05, 4.69) is 15.7 Å². The Morgan fingerprint density at radius 3 is 2.43 bits per heavy atom. The van der Waals surface area contributed by atoms with Crippen LogP contribution in [-0.2, 0) is 18.4 Å². The molecule has 0 saturated heterocycles. The summed E-state index contributed by atoms with van der Waals surface area (Å²) >= 11 is 0. The first-order valence-electron chi connectivity index (χ1n) is 7.04. The van der Waals surface area contributed by atoms with Gasteiger partial charge in [0.1, 0.15) is 6.04 Å². The molecule has 0 saturated carbocycles. The molecule has 0 aliphatic heterocycles. The Morgan fingerprint density at radius 2 is 2.00 bits per heavy atom. The van der Waals surface area contributed by atoms with Gasteiger partial charge in [-0.25, -0.2) is 9.59 Å². The molecule has 7 nitrogen and oxygen atoms in total. The van der Waals surface area contributed by atoms with Gasteiger partial charge in [0.05, 0.1) is 5.69 Å². The van der Waals surface area contributed by atoms with Crippen molar-refractivity contribution in [2.24, 2.45) is 13.0 Å². The lowest BCUT2D eigenvalue weighted by atomic mass is 9.99. The molecule has 2 amide bonds. The molecule has 0 aliphatic rings. The highest BCUT2D eigenvalue weighted by Gasteiger charge is 2.25. The fourth-order valence-electron chi connectivity index (χ4n) is 2.12. The number of carboxylic acid groups (broad SMARTS) is 1. The molecular formula is C14H24N4O3. The Bertz CT molecular complexity index is 525. The molecule has 1 aromatic rings. The van der Waals surface area contributed by atoms with Crippen LogP contribution >= 0.6 is 0 Å². The van der Waals surface area contributed by atoms with Crippen LogP contribution in [0.15, 0.2) is 0 Å². The highest BCUT2D eigenvalue weighted by atomic mass is 16.4. The minimum atomic E-state index is -1.02. The Kier molecular flexibility index (Phi) is 5.75. The molecule has 0 radical (unpaired) electrons. The number of hydrogen-bond donors (Lipinski definition) is 3. The van der Waals surface area contributed by atoms with Crippen LogP contribution in [0.2, 0.25) is 0 Å². The van der Waals surface area contributed by atoms with Crippen LogP contribution in [-0.4, -0.2) is 32.9 Å². The number of carbonyl (C=O) groups is 2. The fourth-order valence-corrected chi connectivity index (χ4v) is 2.12. The average molecular weight is 296 g/mol. The van der Waals surface area contributed by atoms with Gasteiger partial charge in [0.15, 0.2) is 0 Å². The minimum Gasteiger partial charge on any atom is -0.480 e. The van der Waals surface area contributed by atoms with Crippen molar-refractivity contribution in [3.05, 3.63) is 17.0 Å². The topological polar surface area (TPSA) is 96.3 Å². The summed E-state index contributed by atoms with van der Waals surface area (Å²) < 4.78 is 1.75. The zero-order valence-electron chi connectivity index (χ0n) is 13.2. The molecule has 0 fully saturated rings. The van der Waals surface area contributed by atoms with Crippen molar-refractivity contribution < 1.29 is 14.7 Å². The summed E-state index contributed by atoms with van der Waals surface area (Å²) in [6, 6.07) is -1.36. The van der Waals surface area contributed by atoms with Crippen molar-refractivity contribution >= 4 is 12.0 Å². The van der Waals surface area contributed by atoms with Gasteiger partial charge in [-0.15, -0.1) is 0 Å². The van der Waals surface area contributed by atoms with Crippen molar-refractivity contribution in [1.82, 2.24) is 20.4 Å². The standard InChI is InChI=1S/C14H24N4O3/c1-6-8(2)12(13(19)20)16-14(21)15-7-11-9(3)17-18(5)10(11)4/h8,12H,6-7H2,1-5H3,(H,19,20)(H2,15,16,21)/t8?,12-/m0/s1. The summed E-state index contributed by atoms with van der Waals surface area (Å²) in [5.41, 5.74) is 2.78. The quantitative estimate of drug-likeness (QED) is 0.738. The van der Waals surface area contributed by atoms with Crippen molar-refractivity contribution in [2.75, 3.05) is 0 Å². The van der Waals surface area contributed by atoms with Crippen LogP contribution in [0.25, 0.3) is 0 Å². The van der Waals surface area contributed by atoms with E-state index in [-0.39, 0.29) is 5.92 Å². The highest BCUT2D eigenvalue weighted by Crippen LogP contribution is 2.11. The zero-order valence-corrected chi connectivity index (χ0v) is 13.2. The van der Waals surface area contributed by atoms with Gasteiger partial charge in [-0.1, -0.05) is 20.3 Å². The summed E-state index contributed by atoms with van der Waals surface area (Å²) in [4.78, 5) is 23.0. The smallest absolute Gasteiger partial charge is 0.326 e. The average Bonchev–Trinajstić information content (AvgIpc) is 2.66. The zero-order chi connectivity index (χ0) is 16.2. The molecule has 21 heavy (non-hydrogen) atoms. The van der Waals surface area contributed by atoms with Crippen LogP contribution in [0.5, 0.6) is 0 Å². The lowest BCUT2D eigenvalue weighted by Crippen LogP contribution is -2.48. The van der Waals surface area contributed by atoms with E-state index >= 15 is 0 Å². The highest BCUT2D eigenvalue weighted by molar-refractivity contribution is 5.82. The number of amides is 2. The van der Waals surface area contributed by atoms with E-state index in [1.165, 1.54) is 0 Å². The van der Waals surface area contributed by atoms with Gasteiger partial charge >= 0.3 is 12.0 Å². The number of urea groups is 1. The second kappa shape index (κ2) is 7.10. The van der Waals surface area contributed by atoms with Gasteiger partial charge in [-0.2, -0.15) is 5.10 Å². The number of aryl methyl sites for hydroxylation is 2. The molecule has 1 aromatic heterocycles. The summed E-state index contributed by atoms with van der Waals surface area (Å²) in [6.45, 7) is 7.82. The summed E-state index contributed by atoms with van der Waals surface area (Å²) in [6.07, 6.45) is 0.679. The summed E-state index contributed by atoms with van der Waals surface area (Å²) in [5, 5.41) is 18.6. The normalized spacial score (nSPS) is 13.6. The number of carbonyl (C=O) groups excluding carboxylic acids is 1. The first kappa shape index (κ1) is 17.0. The Balaban J connectivity index is 2.63. The number of rotatable bonds is 6. The molecule has 1 heterocycles. The first-order chi connectivity index (χ1) is 9.77. The SMILES string of the molecule is CCC(C)[C@H](NC(=O)NCc1c(C)nn(C)c1C)C(=O)O. The molecular weight excluding hydrogens is 272 g/mol. The Morgan fingerprint density at radius 1 is 1.38 bits per heavy atom. The maximum Gasteiger partial charge on any atom is 0.326 e. The van der Waals surface area contributed by atoms with Gasteiger partial charge < -0.3 is 15.7 Å². The van der Waals surface area contributed by atoms with Crippen molar-refractivity contribution in [2.45, 2.75) is 46.7 Å². The van der Waals surface area contributed by atoms with Gasteiger partial charge in [-0.05, 0) is 19.8 Å². The van der Waals surface area contributed by atoms with Crippen molar-refractivity contribution in [3.8, 4) is 0 Å². The maximum absolute atomic E-state index is 11.9. The van der Waals surface area contributed by atoms with Crippen LogP contribution in [0.4, 0.5) is 4.79 Å². The van der Waals surface area contributed by atoms with E-state index in [4.69, 9.17) is 5.11 Å². The number of nitrogens with one attached hydrogen (secondary N) is 2. The van der Waals surface area contributed by atoms with Crippen LogP contribution in [0.3, 0.4) is 0 Å². The van der Waals surface area contributed by atoms with Crippen LogP contribution in [0, 0.1) is 19.8 Å². The van der Waals surface area contributed by atoms with Crippen molar-refractivity contribution in [1.29, 1.82) is 0 Å². The predicted molar refractivity (Wildman–Crippen MR) is 78.9 cm³/mol. The number of carboxylic acids is 1. The maximum atomic E-state index is 11.9. The van der Waals surface area contributed by atoms with E-state index in [1.807, 2.05) is 27.8 Å². The Labute approximate surface area is 124 Å². The fraction of sp³-hybridized carbons (Fsp3) is 0.643. The molecule has 0 aliphatic carbocycles. The minimum absolute atomic E-state index is 0.130. The molecule has 0 aromatic carbocycles. The van der Waals surface area contributed by atoms with Crippen LogP contribution < -0.4 is 10.6 Å². The van der Waals surface area contributed by atoms with Gasteiger partial charge in [0.2, 0.25) is 0 Å². The number of aliphatic carboxylic acids is 1. The van der Waals surface area contributed by atoms with Gasteiger partial charge in [-0.3, -0.25) is 4.68 Å². The van der Waals surface area contributed by atoms with E-state index in [9.17, 15) is 9.59 Å². The lowest BCUT2D eigenvalue weighted by Gasteiger charge is -2.20. The first-order valence-corrected chi connectivity index (χ1v) is 7.04. The van der Waals surface area contributed by atoms with Gasteiger partial charge in [0, 0.05) is 24.8 Å². The van der Waals surface area contributed by atoms with E-state index < -0.39 is 18.0 Å². The second-order valence-corrected chi connectivity index (χ2v) is 5.30. The predicted octanol–water partition coefficient (Wildman–Crippen LogP) is 1.34.